The molecular formula is C29H31N3O5. The van der Waals surface area contributed by atoms with Gasteiger partial charge in [-0.2, -0.15) is 0 Å². The summed E-state index contributed by atoms with van der Waals surface area (Å²) in [7, 11) is 2.85. The van der Waals surface area contributed by atoms with E-state index in [1.165, 1.54) is 14.2 Å². The van der Waals surface area contributed by atoms with Crippen LogP contribution in [-0.4, -0.2) is 55.8 Å². The number of carbonyl (C=O) groups is 3. The predicted molar refractivity (Wildman–Crippen MR) is 140 cm³/mol. The Hall–Kier alpha value is -4.17. The number of hydrogen-bond donors (Lipinski definition) is 2. The minimum absolute atomic E-state index is 0.0836. The molecule has 37 heavy (non-hydrogen) atoms. The maximum absolute atomic E-state index is 12.9. The first kappa shape index (κ1) is 25.9. The van der Waals surface area contributed by atoms with Gasteiger partial charge in [0.2, 0.25) is 5.91 Å². The van der Waals surface area contributed by atoms with Crippen LogP contribution in [0, 0.1) is 0 Å². The molecule has 0 saturated carbocycles. The molecule has 2 atom stereocenters. The number of nitrogens with zero attached hydrogens (tertiary/aromatic N) is 1. The van der Waals surface area contributed by atoms with E-state index < -0.39 is 30.0 Å². The third-order valence-electron chi connectivity index (χ3n) is 6.55. The van der Waals surface area contributed by atoms with Gasteiger partial charge in [-0.1, -0.05) is 78.9 Å². The molecule has 3 aromatic carbocycles. The topological polar surface area (TPSA) is 97.0 Å². The van der Waals surface area contributed by atoms with Crippen molar-refractivity contribution in [2.24, 2.45) is 0 Å². The second-order valence-corrected chi connectivity index (χ2v) is 8.96. The Morgan fingerprint density at radius 2 is 1.43 bits per heavy atom. The number of fused-ring (bicyclic) bond motifs is 3. The Bertz CT molecular complexity index is 1220. The first-order valence-corrected chi connectivity index (χ1v) is 12.2. The summed E-state index contributed by atoms with van der Waals surface area (Å²) in [6.07, 6.45) is -0.430. The highest BCUT2D eigenvalue weighted by Gasteiger charge is 2.30. The van der Waals surface area contributed by atoms with Crippen molar-refractivity contribution in [3.63, 3.8) is 0 Å². The van der Waals surface area contributed by atoms with Gasteiger partial charge in [0.25, 0.3) is 5.91 Å². The maximum Gasteiger partial charge on any atom is 0.407 e. The summed E-state index contributed by atoms with van der Waals surface area (Å²) < 4.78 is 5.54. The summed E-state index contributed by atoms with van der Waals surface area (Å²) in [5, 5.41) is 6.37. The number of hydrogen-bond acceptors (Lipinski definition) is 5. The molecule has 8 nitrogen and oxygen atoms in total. The van der Waals surface area contributed by atoms with Gasteiger partial charge in [-0.3, -0.25) is 14.4 Å². The fourth-order valence-electron chi connectivity index (χ4n) is 4.54. The lowest BCUT2D eigenvalue weighted by Crippen LogP contribution is -2.53. The van der Waals surface area contributed by atoms with E-state index in [0.717, 1.165) is 32.9 Å². The van der Waals surface area contributed by atoms with E-state index in [2.05, 4.69) is 22.8 Å². The highest BCUT2D eigenvalue weighted by atomic mass is 16.7. The number of ether oxygens (including phenoxy) is 1. The molecule has 192 valence electrons. The highest BCUT2D eigenvalue weighted by molar-refractivity contribution is 5.91. The molecule has 0 aromatic heterocycles. The molecule has 2 N–H and O–H groups in total. The number of hydroxylamine groups is 2. The van der Waals surface area contributed by atoms with Gasteiger partial charge in [0, 0.05) is 19.4 Å². The van der Waals surface area contributed by atoms with E-state index >= 15 is 0 Å². The van der Waals surface area contributed by atoms with Crippen LogP contribution in [0.15, 0.2) is 78.9 Å². The third-order valence-corrected chi connectivity index (χ3v) is 6.55. The van der Waals surface area contributed by atoms with Crippen LogP contribution >= 0.6 is 0 Å². The average molecular weight is 502 g/mol. The van der Waals surface area contributed by atoms with Gasteiger partial charge in [-0.15, -0.1) is 0 Å². The molecule has 8 heteroatoms. The van der Waals surface area contributed by atoms with Crippen LogP contribution < -0.4 is 10.6 Å². The van der Waals surface area contributed by atoms with Gasteiger partial charge in [-0.05, 0) is 34.7 Å². The summed E-state index contributed by atoms with van der Waals surface area (Å²) in [6, 6.07) is 23.7. The van der Waals surface area contributed by atoms with Gasteiger partial charge < -0.3 is 15.4 Å². The molecule has 0 heterocycles. The van der Waals surface area contributed by atoms with Crippen molar-refractivity contribution in [2.45, 2.75) is 31.3 Å². The highest BCUT2D eigenvalue weighted by Crippen LogP contribution is 2.44. The van der Waals surface area contributed by atoms with Gasteiger partial charge in [0.15, 0.2) is 0 Å². The Balaban J connectivity index is 1.36. The minimum Gasteiger partial charge on any atom is -0.449 e. The predicted octanol–water partition coefficient (Wildman–Crippen LogP) is 3.66. The van der Waals surface area contributed by atoms with Crippen LogP contribution in [0.25, 0.3) is 11.1 Å². The Morgan fingerprint density at radius 3 is 2.03 bits per heavy atom. The fraction of sp³-hybridized carbons (Fsp3) is 0.276. The molecule has 1 aliphatic carbocycles. The minimum atomic E-state index is -0.922. The van der Waals surface area contributed by atoms with Crippen molar-refractivity contribution in [3.05, 3.63) is 95.6 Å². The van der Waals surface area contributed by atoms with Crippen LogP contribution in [0.1, 0.15) is 29.5 Å². The van der Waals surface area contributed by atoms with Gasteiger partial charge in [-0.25, -0.2) is 9.86 Å². The summed E-state index contributed by atoms with van der Waals surface area (Å²) in [4.78, 5) is 43.3. The molecule has 4 rings (SSSR count). The lowest BCUT2D eigenvalue weighted by atomic mass is 9.98. The zero-order chi connectivity index (χ0) is 26.4. The van der Waals surface area contributed by atoms with Gasteiger partial charge in [0.1, 0.15) is 18.7 Å². The zero-order valence-electron chi connectivity index (χ0n) is 21.1. The second-order valence-electron chi connectivity index (χ2n) is 8.96. The summed E-state index contributed by atoms with van der Waals surface area (Å²) in [5.74, 6) is -1.000. The van der Waals surface area contributed by atoms with Crippen molar-refractivity contribution in [1.82, 2.24) is 15.7 Å². The van der Waals surface area contributed by atoms with Crippen LogP contribution in [0.2, 0.25) is 0 Å². The zero-order valence-corrected chi connectivity index (χ0v) is 21.1. The van der Waals surface area contributed by atoms with E-state index in [4.69, 9.17) is 9.57 Å². The van der Waals surface area contributed by atoms with Crippen molar-refractivity contribution < 1.29 is 24.0 Å². The number of likely N-dealkylation sites (N-methyl/N-ethyl adjacent to an activating group) is 1. The molecule has 0 fully saturated rings. The SMILES string of the molecule is CON(C)C(=O)[C@H](Cc1ccccc1)NC(=O)[C@H](C)NC(=O)OCC1c2ccccc2-c2ccccc21. The molecular weight excluding hydrogens is 470 g/mol. The number of alkyl carbamates (subject to hydrolysis) is 1. The number of amides is 3. The monoisotopic (exact) mass is 501 g/mol. The summed E-state index contributed by atoms with van der Waals surface area (Å²) >= 11 is 0. The number of benzene rings is 3. The van der Waals surface area contributed by atoms with E-state index in [9.17, 15) is 14.4 Å². The molecule has 3 aromatic rings. The average Bonchev–Trinajstić information content (AvgIpc) is 3.24. The Labute approximate surface area is 216 Å². The van der Waals surface area contributed by atoms with Crippen molar-refractivity contribution in [3.8, 4) is 11.1 Å². The third kappa shape index (κ3) is 5.98. The van der Waals surface area contributed by atoms with E-state index in [1.54, 1.807) is 6.92 Å². The van der Waals surface area contributed by atoms with Crippen LogP contribution in [0.3, 0.4) is 0 Å². The molecule has 0 radical (unpaired) electrons. The molecule has 3 amide bonds. The molecule has 0 bridgehead atoms. The smallest absolute Gasteiger partial charge is 0.407 e. The fourth-order valence-corrected chi connectivity index (χ4v) is 4.54. The number of nitrogens with one attached hydrogen (secondary N) is 2. The van der Waals surface area contributed by atoms with Crippen LogP contribution in [0.4, 0.5) is 4.79 Å². The molecule has 0 aliphatic heterocycles. The van der Waals surface area contributed by atoms with Gasteiger partial charge in [0.05, 0.1) is 7.11 Å². The lowest BCUT2D eigenvalue weighted by Gasteiger charge is -2.24. The standard InChI is InChI=1S/C29H31N3O5/c1-19(27(33)31-26(28(34)32(2)36-3)17-20-11-5-4-6-12-20)30-29(35)37-18-25-23-15-9-7-13-21(23)22-14-8-10-16-24(22)25/h4-16,19,25-26H,17-18H2,1-3H3,(H,30,35)(H,31,33)/t19-,26-/m0/s1. The first-order valence-electron chi connectivity index (χ1n) is 12.2. The van der Waals surface area contributed by atoms with Crippen molar-refractivity contribution in [1.29, 1.82) is 0 Å². The van der Waals surface area contributed by atoms with Crippen molar-refractivity contribution >= 4 is 17.9 Å². The van der Waals surface area contributed by atoms with Crippen molar-refractivity contribution in [2.75, 3.05) is 20.8 Å². The summed E-state index contributed by atoms with van der Waals surface area (Å²) in [5.41, 5.74) is 5.35. The molecule has 0 unspecified atom stereocenters. The number of carbonyl (C=O) groups excluding carboxylic acids is 3. The first-order chi connectivity index (χ1) is 17.9. The quantitative estimate of drug-likeness (QED) is 0.436. The van der Waals surface area contributed by atoms with Gasteiger partial charge >= 0.3 is 6.09 Å². The van der Waals surface area contributed by atoms with Crippen LogP contribution in [0.5, 0.6) is 0 Å². The van der Waals surface area contributed by atoms with E-state index in [0.29, 0.717) is 0 Å². The molecule has 0 spiro atoms. The normalized spacial score (nSPS) is 13.6. The molecule has 0 saturated heterocycles. The Kier molecular flexibility index (Phi) is 8.20. The number of rotatable bonds is 9. The largest absolute Gasteiger partial charge is 0.449 e. The lowest BCUT2D eigenvalue weighted by molar-refractivity contribution is -0.171. The van der Waals surface area contributed by atoms with E-state index in [-0.39, 0.29) is 18.9 Å². The summed E-state index contributed by atoms with van der Waals surface area (Å²) in [6.45, 7) is 1.68. The molecule has 1 aliphatic rings. The second kappa shape index (κ2) is 11.7. The van der Waals surface area contributed by atoms with E-state index in [1.807, 2.05) is 66.7 Å². The maximum atomic E-state index is 12.9. The Morgan fingerprint density at radius 1 is 0.865 bits per heavy atom. The van der Waals surface area contributed by atoms with Crippen LogP contribution in [-0.2, 0) is 25.6 Å².